The minimum Gasteiger partial charge on any atom is -0.392 e. The van der Waals surface area contributed by atoms with Gasteiger partial charge in [-0.2, -0.15) is 0 Å². The lowest BCUT2D eigenvalue weighted by molar-refractivity contribution is 0.274. The van der Waals surface area contributed by atoms with E-state index in [1.807, 2.05) is 0 Å². The van der Waals surface area contributed by atoms with Gasteiger partial charge in [-0.1, -0.05) is 11.6 Å². The summed E-state index contributed by atoms with van der Waals surface area (Å²) in [5.41, 5.74) is 0.00610. The molecule has 2 rings (SSSR count). The highest BCUT2D eigenvalue weighted by Crippen LogP contribution is 2.28. The number of rotatable bonds is 4. The average Bonchev–Trinajstić information content (AvgIpc) is 2.43. The third kappa shape index (κ3) is 3.52. The van der Waals surface area contributed by atoms with Gasteiger partial charge < -0.3 is 5.11 Å². The van der Waals surface area contributed by atoms with Crippen LogP contribution in [0.5, 0.6) is 0 Å². The highest BCUT2D eigenvalue weighted by Gasteiger charge is 2.23. The number of benzene rings is 1. The summed E-state index contributed by atoms with van der Waals surface area (Å²) < 4.78 is 41.2. The number of hydrogen-bond donors (Lipinski definition) is 2. The van der Waals surface area contributed by atoms with Gasteiger partial charge in [0.25, 0.3) is 10.0 Å². The van der Waals surface area contributed by atoms with Crippen molar-refractivity contribution >= 4 is 43.2 Å². The molecule has 0 atom stereocenters. The highest BCUT2D eigenvalue weighted by atomic mass is 79.9. The van der Waals surface area contributed by atoms with Crippen molar-refractivity contribution in [1.29, 1.82) is 0 Å². The van der Waals surface area contributed by atoms with Crippen molar-refractivity contribution in [2.75, 3.05) is 4.72 Å². The summed E-state index contributed by atoms with van der Waals surface area (Å²) in [6.45, 7) is -0.659. The first-order valence-corrected chi connectivity index (χ1v) is 8.21. The Morgan fingerprint density at radius 1 is 1.43 bits per heavy atom. The molecular weight excluding hydrogens is 387 g/mol. The van der Waals surface area contributed by atoms with Crippen LogP contribution in [0.25, 0.3) is 0 Å². The summed E-state index contributed by atoms with van der Waals surface area (Å²) in [5, 5.41) is 9.05. The minimum atomic E-state index is -4.20. The van der Waals surface area contributed by atoms with E-state index in [4.69, 9.17) is 16.7 Å². The molecule has 9 heteroatoms. The van der Waals surface area contributed by atoms with Crippen LogP contribution in [0.15, 0.2) is 40.0 Å². The fourth-order valence-corrected chi connectivity index (χ4v) is 3.60. The Kier molecular flexibility index (Phi) is 4.82. The van der Waals surface area contributed by atoms with Crippen LogP contribution in [0.3, 0.4) is 0 Å². The maximum absolute atomic E-state index is 14.1. The molecule has 1 aromatic heterocycles. The number of pyridine rings is 1. The minimum absolute atomic E-state index is 0.00891. The van der Waals surface area contributed by atoms with Crippen LogP contribution >= 0.6 is 27.5 Å². The van der Waals surface area contributed by atoms with Crippen LogP contribution in [0.1, 0.15) is 5.56 Å². The van der Waals surface area contributed by atoms with Crippen LogP contribution in [0.4, 0.5) is 10.1 Å². The van der Waals surface area contributed by atoms with E-state index >= 15 is 0 Å². The van der Waals surface area contributed by atoms with Crippen LogP contribution < -0.4 is 4.72 Å². The predicted octanol–water partition coefficient (Wildman–Crippen LogP) is 2.93. The number of sulfonamides is 1. The standard InChI is InChI=1S/C12H9BrClFN2O3S/c13-9-5-16-2-1-10(9)17-21(19,20)11-4-8(14)3-7(6-18)12(11)15/h1-5,18H,6H2,(H,16,17). The van der Waals surface area contributed by atoms with E-state index in [0.29, 0.717) is 4.47 Å². The largest absolute Gasteiger partial charge is 0.392 e. The molecule has 0 aliphatic heterocycles. The third-order valence-electron chi connectivity index (χ3n) is 2.56. The second-order valence-electron chi connectivity index (χ2n) is 4.00. The number of aliphatic hydroxyl groups excluding tert-OH is 1. The molecule has 1 heterocycles. The summed E-state index contributed by atoms with van der Waals surface area (Å²) in [4.78, 5) is 3.16. The van der Waals surface area contributed by atoms with Crippen molar-refractivity contribution in [3.8, 4) is 0 Å². The molecule has 0 aliphatic rings. The first-order valence-electron chi connectivity index (χ1n) is 5.56. The average molecular weight is 396 g/mol. The van der Waals surface area contributed by atoms with Crippen molar-refractivity contribution < 1.29 is 17.9 Å². The van der Waals surface area contributed by atoms with Crippen LogP contribution in [0, 0.1) is 5.82 Å². The number of anilines is 1. The first kappa shape index (κ1) is 16.2. The molecule has 0 spiro atoms. The molecule has 0 unspecified atom stereocenters. The number of hydrogen-bond acceptors (Lipinski definition) is 4. The second-order valence-corrected chi connectivity index (χ2v) is 6.94. The molecule has 0 saturated carbocycles. The molecule has 0 saturated heterocycles. The first-order chi connectivity index (χ1) is 9.85. The van der Waals surface area contributed by atoms with Crippen molar-refractivity contribution in [1.82, 2.24) is 4.98 Å². The molecule has 0 fully saturated rings. The second kappa shape index (κ2) is 6.27. The number of nitrogens with zero attached hydrogens (tertiary/aromatic N) is 1. The smallest absolute Gasteiger partial charge is 0.264 e. The maximum atomic E-state index is 14.1. The van der Waals surface area contributed by atoms with Crippen LogP contribution in [0.2, 0.25) is 5.02 Å². The Labute approximate surface area is 134 Å². The van der Waals surface area contributed by atoms with Gasteiger partial charge in [0.15, 0.2) is 0 Å². The Balaban J connectivity index is 2.50. The van der Waals surface area contributed by atoms with E-state index in [-0.39, 0.29) is 16.3 Å². The normalized spacial score (nSPS) is 11.4. The summed E-state index contributed by atoms with van der Waals surface area (Å²) in [6, 6.07) is 3.56. The number of halogens is 3. The van der Waals surface area contributed by atoms with Gasteiger partial charge in [0, 0.05) is 23.0 Å². The topological polar surface area (TPSA) is 79.3 Å². The van der Waals surface area contributed by atoms with Gasteiger partial charge in [-0.15, -0.1) is 0 Å². The van der Waals surface area contributed by atoms with Crippen molar-refractivity contribution in [2.24, 2.45) is 0 Å². The van der Waals surface area contributed by atoms with Gasteiger partial charge >= 0.3 is 0 Å². The zero-order chi connectivity index (χ0) is 15.6. The highest BCUT2D eigenvalue weighted by molar-refractivity contribution is 9.10. The summed E-state index contributed by atoms with van der Waals surface area (Å²) in [6.07, 6.45) is 2.78. The van der Waals surface area contributed by atoms with E-state index in [1.54, 1.807) is 0 Å². The van der Waals surface area contributed by atoms with Crippen LogP contribution in [-0.4, -0.2) is 18.5 Å². The predicted molar refractivity (Wildman–Crippen MR) is 80.1 cm³/mol. The molecule has 1 aromatic carbocycles. The molecule has 0 amide bonds. The molecular formula is C12H9BrClFN2O3S. The van der Waals surface area contributed by atoms with Gasteiger partial charge in [0.1, 0.15) is 10.7 Å². The molecule has 2 aromatic rings. The Morgan fingerprint density at radius 2 is 2.14 bits per heavy atom. The van der Waals surface area contributed by atoms with Gasteiger partial charge in [0.05, 0.1) is 16.8 Å². The fraction of sp³-hybridized carbons (Fsp3) is 0.0833. The van der Waals surface area contributed by atoms with Gasteiger partial charge in [-0.25, -0.2) is 12.8 Å². The number of aromatic nitrogens is 1. The number of nitrogens with one attached hydrogen (secondary N) is 1. The van der Waals surface area contributed by atoms with Gasteiger partial charge in [0.2, 0.25) is 0 Å². The molecule has 112 valence electrons. The van der Waals surface area contributed by atoms with Crippen molar-refractivity contribution in [3.05, 3.63) is 51.5 Å². The molecule has 0 radical (unpaired) electrons. The Bertz CT molecular complexity index is 786. The Hall–Kier alpha value is -1.22. The number of aliphatic hydroxyl groups is 1. The quantitative estimate of drug-likeness (QED) is 0.834. The molecule has 5 nitrogen and oxygen atoms in total. The van der Waals surface area contributed by atoms with E-state index in [9.17, 15) is 12.8 Å². The summed E-state index contributed by atoms with van der Waals surface area (Å²) >= 11 is 8.89. The van der Waals surface area contributed by atoms with E-state index in [2.05, 4.69) is 25.6 Å². The monoisotopic (exact) mass is 394 g/mol. The summed E-state index contributed by atoms with van der Waals surface area (Å²) in [5.74, 6) is -1.04. The lowest BCUT2D eigenvalue weighted by Crippen LogP contribution is -2.16. The zero-order valence-corrected chi connectivity index (χ0v) is 13.5. The molecule has 0 bridgehead atoms. The SMILES string of the molecule is O=S(=O)(Nc1ccncc1Br)c1cc(Cl)cc(CO)c1F. The van der Waals surface area contributed by atoms with E-state index in [1.165, 1.54) is 18.5 Å². The lowest BCUT2D eigenvalue weighted by Gasteiger charge is -2.12. The third-order valence-corrected chi connectivity index (χ3v) is 4.77. The van der Waals surface area contributed by atoms with Crippen molar-refractivity contribution in [2.45, 2.75) is 11.5 Å². The van der Waals surface area contributed by atoms with Gasteiger partial charge in [-0.05, 0) is 34.1 Å². The Morgan fingerprint density at radius 3 is 2.76 bits per heavy atom. The van der Waals surface area contributed by atoms with E-state index in [0.717, 1.165) is 12.1 Å². The summed E-state index contributed by atoms with van der Waals surface area (Å²) in [7, 11) is -4.20. The fourth-order valence-electron chi connectivity index (χ4n) is 1.59. The molecule has 2 N–H and O–H groups in total. The maximum Gasteiger partial charge on any atom is 0.264 e. The molecule has 21 heavy (non-hydrogen) atoms. The van der Waals surface area contributed by atoms with E-state index < -0.39 is 27.3 Å². The zero-order valence-electron chi connectivity index (χ0n) is 10.3. The molecule has 0 aliphatic carbocycles. The van der Waals surface area contributed by atoms with Crippen molar-refractivity contribution in [3.63, 3.8) is 0 Å². The van der Waals surface area contributed by atoms with Crippen LogP contribution in [-0.2, 0) is 16.6 Å². The lowest BCUT2D eigenvalue weighted by atomic mass is 10.2. The van der Waals surface area contributed by atoms with Gasteiger partial charge in [-0.3, -0.25) is 9.71 Å².